The van der Waals surface area contributed by atoms with E-state index in [9.17, 15) is 28.5 Å². The first-order chi connectivity index (χ1) is 15.7. The number of nitrogens with zero attached hydrogens (tertiary/aromatic N) is 2. The second kappa shape index (κ2) is 9.79. The number of thioether (sulfide) groups is 1. The monoisotopic (exact) mass is 522 g/mol. The molecule has 2 heterocycles. The van der Waals surface area contributed by atoms with Gasteiger partial charge in [0.05, 0.1) is 28.7 Å². The van der Waals surface area contributed by atoms with Gasteiger partial charge in [0.15, 0.2) is 17.5 Å². The van der Waals surface area contributed by atoms with E-state index in [1.165, 1.54) is 0 Å². The van der Waals surface area contributed by atoms with Crippen molar-refractivity contribution in [3.05, 3.63) is 63.7 Å². The number of aliphatic hydroxyl groups excluding tert-OH is 3. The summed E-state index contributed by atoms with van der Waals surface area (Å²) in [6.45, 7) is -0.585. The van der Waals surface area contributed by atoms with E-state index >= 15 is 0 Å². The van der Waals surface area contributed by atoms with E-state index in [1.807, 2.05) is 0 Å². The van der Waals surface area contributed by atoms with Gasteiger partial charge < -0.3 is 24.5 Å². The van der Waals surface area contributed by atoms with Crippen molar-refractivity contribution < 1.29 is 37.6 Å². The molecular formula is C20H15Cl2F3N2O5S. The van der Waals surface area contributed by atoms with Crippen LogP contribution in [0, 0.1) is 17.5 Å². The summed E-state index contributed by atoms with van der Waals surface area (Å²) in [4.78, 5) is 0.587. The van der Waals surface area contributed by atoms with Crippen molar-refractivity contribution >= 4 is 35.0 Å². The molecule has 1 aliphatic rings. The third-order valence-corrected chi connectivity index (χ3v) is 6.87. The van der Waals surface area contributed by atoms with E-state index in [4.69, 9.17) is 32.4 Å². The van der Waals surface area contributed by atoms with Gasteiger partial charge in [-0.1, -0.05) is 35.0 Å². The van der Waals surface area contributed by atoms with Crippen molar-refractivity contribution in [3.63, 3.8) is 0 Å². The molecule has 0 aliphatic carbocycles. The maximum atomic E-state index is 13.6. The summed E-state index contributed by atoms with van der Waals surface area (Å²) in [5, 5.41) is 39.3. The summed E-state index contributed by atoms with van der Waals surface area (Å²) in [5.74, 6) is -6.39. The second-order valence-corrected chi connectivity index (χ2v) is 9.11. The molecule has 0 spiro atoms. The zero-order chi connectivity index (χ0) is 23.9. The van der Waals surface area contributed by atoms with Crippen LogP contribution < -0.4 is 0 Å². The van der Waals surface area contributed by atoms with E-state index in [-0.39, 0.29) is 22.4 Å². The first kappa shape index (κ1) is 24.3. The lowest BCUT2D eigenvalue weighted by Crippen LogP contribution is -2.53. The molecule has 13 heteroatoms. The van der Waals surface area contributed by atoms with Gasteiger partial charge in [0, 0.05) is 10.5 Å². The lowest BCUT2D eigenvalue weighted by Gasteiger charge is -2.40. The quantitative estimate of drug-likeness (QED) is 0.434. The highest BCUT2D eigenvalue weighted by Gasteiger charge is 2.48. The van der Waals surface area contributed by atoms with Gasteiger partial charge in [-0.25, -0.2) is 13.2 Å². The highest BCUT2D eigenvalue weighted by Crippen LogP contribution is 2.41. The van der Waals surface area contributed by atoms with Gasteiger partial charge >= 0.3 is 0 Å². The molecule has 0 radical (unpaired) electrons. The molecule has 33 heavy (non-hydrogen) atoms. The van der Waals surface area contributed by atoms with Gasteiger partial charge in [0.25, 0.3) is 0 Å². The van der Waals surface area contributed by atoms with E-state index in [0.717, 1.165) is 11.8 Å². The Morgan fingerprint density at radius 2 is 1.67 bits per heavy atom. The number of benzene rings is 2. The summed E-state index contributed by atoms with van der Waals surface area (Å²) < 4.78 is 51.4. The Morgan fingerprint density at radius 1 is 0.970 bits per heavy atom. The van der Waals surface area contributed by atoms with Crippen LogP contribution in [0.3, 0.4) is 0 Å². The highest BCUT2D eigenvalue weighted by atomic mass is 35.5. The van der Waals surface area contributed by atoms with Crippen LogP contribution in [0.15, 0.2) is 39.6 Å². The average molecular weight is 523 g/mol. The van der Waals surface area contributed by atoms with Gasteiger partial charge in [-0.05, 0) is 30.3 Å². The number of hydrogen-bond acceptors (Lipinski definition) is 8. The number of aliphatic hydroxyl groups is 3. The first-order valence-electron chi connectivity index (χ1n) is 9.42. The summed E-state index contributed by atoms with van der Waals surface area (Å²) in [7, 11) is 0. The molecule has 0 amide bonds. The number of hydrogen-bond donors (Lipinski definition) is 3. The molecule has 2 unspecified atom stereocenters. The van der Waals surface area contributed by atoms with Crippen molar-refractivity contribution in [2.24, 2.45) is 0 Å². The van der Waals surface area contributed by atoms with Crippen molar-refractivity contribution in [1.29, 1.82) is 0 Å². The minimum absolute atomic E-state index is 0.235. The van der Waals surface area contributed by atoms with E-state index < -0.39 is 53.7 Å². The largest absolute Gasteiger partial charge is 0.420 e. The first-order valence-corrected chi connectivity index (χ1v) is 11.1. The van der Waals surface area contributed by atoms with Crippen molar-refractivity contribution in [2.45, 2.75) is 34.6 Å². The van der Waals surface area contributed by atoms with Crippen LogP contribution in [0.5, 0.6) is 0 Å². The molecule has 3 N–H and O–H groups in total. The van der Waals surface area contributed by atoms with Crippen LogP contribution in [-0.4, -0.2) is 55.9 Å². The third kappa shape index (κ3) is 4.85. The van der Waals surface area contributed by atoms with Crippen molar-refractivity contribution in [1.82, 2.24) is 10.2 Å². The van der Waals surface area contributed by atoms with Crippen LogP contribution >= 0.6 is 35.0 Å². The fourth-order valence-electron chi connectivity index (χ4n) is 3.33. The number of rotatable bonds is 5. The van der Waals surface area contributed by atoms with Crippen LogP contribution in [0.1, 0.15) is 11.8 Å². The zero-order valence-corrected chi connectivity index (χ0v) is 18.7. The normalized spacial score (nSPS) is 25.4. The number of ether oxygens (including phenoxy) is 1. The van der Waals surface area contributed by atoms with Crippen LogP contribution in [-0.2, 0) is 4.74 Å². The average Bonchev–Trinajstić information content (AvgIpc) is 3.26. The minimum Gasteiger partial charge on any atom is -0.420 e. The van der Waals surface area contributed by atoms with Crippen molar-refractivity contribution in [3.8, 4) is 11.5 Å². The smallest absolute Gasteiger partial charge is 0.247 e. The molecule has 176 valence electrons. The Kier molecular flexibility index (Phi) is 7.20. The van der Waals surface area contributed by atoms with E-state index in [0.29, 0.717) is 22.1 Å². The molecule has 1 aliphatic heterocycles. The highest BCUT2D eigenvalue weighted by molar-refractivity contribution is 7.99. The second-order valence-electron chi connectivity index (χ2n) is 7.13. The molecule has 0 saturated carbocycles. The van der Waals surface area contributed by atoms with E-state index in [2.05, 4.69) is 10.2 Å². The Labute approximate surface area is 199 Å². The topological polar surface area (TPSA) is 109 Å². The fourth-order valence-corrected chi connectivity index (χ4v) is 4.80. The molecular weight excluding hydrogens is 508 g/mol. The van der Waals surface area contributed by atoms with Crippen LogP contribution in [0.4, 0.5) is 13.2 Å². The SMILES string of the molecule is OCC1O[C@H](Sc2ccc(Cl)c(Cl)c2)C(O)[C@@H](c2nnc(-c3cc(F)c(F)c(F)c3)o2)[C@H]1O. The Bertz CT molecular complexity index is 1150. The predicted octanol–water partition coefficient (Wildman–Crippen LogP) is 3.78. The predicted molar refractivity (Wildman–Crippen MR) is 112 cm³/mol. The van der Waals surface area contributed by atoms with Gasteiger partial charge in [-0.3, -0.25) is 0 Å². The van der Waals surface area contributed by atoms with Gasteiger partial charge in [0.1, 0.15) is 17.6 Å². The summed E-state index contributed by atoms with van der Waals surface area (Å²) >= 11 is 13.0. The van der Waals surface area contributed by atoms with Gasteiger partial charge in [-0.15, -0.1) is 10.2 Å². The molecule has 3 aromatic rings. The van der Waals surface area contributed by atoms with Gasteiger partial charge in [-0.2, -0.15) is 0 Å². The lowest BCUT2D eigenvalue weighted by molar-refractivity contribution is -0.166. The third-order valence-electron chi connectivity index (χ3n) is 4.98. The van der Waals surface area contributed by atoms with Gasteiger partial charge in [0.2, 0.25) is 11.8 Å². The number of halogens is 5. The molecule has 4 rings (SSSR count). The molecule has 7 nitrogen and oxygen atoms in total. The minimum atomic E-state index is -1.65. The lowest BCUT2D eigenvalue weighted by atomic mass is 9.90. The van der Waals surface area contributed by atoms with Crippen LogP contribution in [0.2, 0.25) is 10.0 Å². The Hall–Kier alpha value is -1.86. The maximum Gasteiger partial charge on any atom is 0.247 e. The molecule has 5 atom stereocenters. The van der Waals surface area contributed by atoms with E-state index in [1.54, 1.807) is 18.2 Å². The zero-order valence-electron chi connectivity index (χ0n) is 16.3. The Balaban J connectivity index is 1.63. The molecule has 1 saturated heterocycles. The summed E-state index contributed by atoms with van der Waals surface area (Å²) in [5.41, 5.74) is -1.23. The summed E-state index contributed by atoms with van der Waals surface area (Å²) in [6, 6.07) is 6.10. The molecule has 1 fully saturated rings. The molecule has 1 aromatic heterocycles. The fraction of sp³-hybridized carbons (Fsp3) is 0.300. The van der Waals surface area contributed by atoms with Crippen LogP contribution in [0.25, 0.3) is 11.5 Å². The van der Waals surface area contributed by atoms with Crippen molar-refractivity contribution in [2.75, 3.05) is 6.61 Å². The summed E-state index contributed by atoms with van der Waals surface area (Å²) in [6.07, 6.45) is -3.97. The maximum absolute atomic E-state index is 13.6. The molecule has 0 bridgehead atoms. The standard InChI is InChI=1S/C20H15Cl2F3N2O5S/c21-9-2-1-8(5-10(9)22)33-20-17(30)14(16(29)13(6-28)31-20)19-27-26-18(32-19)7-3-11(23)15(25)12(24)4-7/h1-5,13-14,16-17,20,28-30H,6H2/t13?,14-,16-,17?,20+/m0/s1. The Morgan fingerprint density at radius 3 is 2.30 bits per heavy atom. The number of aromatic nitrogens is 2. The molecule has 2 aromatic carbocycles.